The van der Waals surface area contributed by atoms with Gasteiger partial charge in [-0.1, -0.05) is 23.7 Å². The summed E-state index contributed by atoms with van der Waals surface area (Å²) in [7, 11) is 0. The van der Waals surface area contributed by atoms with Crippen LogP contribution in [0.5, 0.6) is 0 Å². The number of rotatable bonds is 4. The molecule has 1 aromatic carbocycles. The van der Waals surface area contributed by atoms with Crippen LogP contribution in [0.3, 0.4) is 0 Å². The van der Waals surface area contributed by atoms with Gasteiger partial charge >= 0.3 is 6.18 Å². The standard InChI is InChI=1S/C19H15ClF3N7O/c20-13-7-26-6-5-12(13)15-14(10-1-3-11(4-2-10)19(21,22)23)28-29-17(27-15)30-8-18(25,9-30)16(24)31/h1-7H,8-9,25H2,(H2,24,31). The van der Waals surface area contributed by atoms with E-state index >= 15 is 0 Å². The quantitative estimate of drug-likeness (QED) is 0.626. The molecule has 2 aromatic heterocycles. The minimum Gasteiger partial charge on any atom is -0.368 e. The second-order valence-electron chi connectivity index (χ2n) is 7.12. The molecule has 1 amide bonds. The van der Waals surface area contributed by atoms with E-state index in [1.54, 1.807) is 11.0 Å². The van der Waals surface area contributed by atoms with Crippen LogP contribution in [0.25, 0.3) is 22.5 Å². The molecule has 1 saturated heterocycles. The van der Waals surface area contributed by atoms with E-state index < -0.39 is 23.2 Å². The van der Waals surface area contributed by atoms with E-state index in [4.69, 9.17) is 23.1 Å². The second kappa shape index (κ2) is 7.43. The lowest BCUT2D eigenvalue weighted by Crippen LogP contribution is -2.73. The molecule has 0 bridgehead atoms. The number of hydrogen-bond donors (Lipinski definition) is 2. The molecule has 3 aromatic rings. The lowest BCUT2D eigenvalue weighted by Gasteiger charge is -2.45. The predicted octanol–water partition coefficient (Wildman–Crippen LogP) is 2.28. The van der Waals surface area contributed by atoms with E-state index in [1.165, 1.54) is 24.5 Å². The molecule has 160 valence electrons. The molecule has 1 aliphatic heterocycles. The molecule has 4 N–H and O–H groups in total. The lowest BCUT2D eigenvalue weighted by molar-refractivity contribution is -0.137. The summed E-state index contributed by atoms with van der Waals surface area (Å²) >= 11 is 6.28. The highest BCUT2D eigenvalue weighted by Gasteiger charge is 2.46. The van der Waals surface area contributed by atoms with Gasteiger partial charge in [-0.2, -0.15) is 13.2 Å². The predicted molar refractivity (Wildman–Crippen MR) is 107 cm³/mol. The van der Waals surface area contributed by atoms with Gasteiger partial charge < -0.3 is 16.4 Å². The number of benzene rings is 1. The Morgan fingerprint density at radius 1 is 1.10 bits per heavy atom. The van der Waals surface area contributed by atoms with Crippen molar-refractivity contribution in [3.05, 3.63) is 53.3 Å². The summed E-state index contributed by atoms with van der Waals surface area (Å²) in [4.78, 5) is 21.5. The molecule has 0 spiro atoms. The van der Waals surface area contributed by atoms with Crippen molar-refractivity contribution in [2.24, 2.45) is 11.5 Å². The van der Waals surface area contributed by atoms with Gasteiger partial charge in [-0.3, -0.25) is 9.78 Å². The van der Waals surface area contributed by atoms with E-state index in [0.29, 0.717) is 16.8 Å². The number of alkyl halides is 3. The van der Waals surface area contributed by atoms with Crippen LogP contribution in [-0.4, -0.2) is 44.7 Å². The second-order valence-corrected chi connectivity index (χ2v) is 7.52. The lowest BCUT2D eigenvalue weighted by atomic mass is 9.91. The van der Waals surface area contributed by atoms with Gasteiger partial charge in [0.2, 0.25) is 11.9 Å². The third kappa shape index (κ3) is 3.89. The third-order valence-corrected chi connectivity index (χ3v) is 5.21. The summed E-state index contributed by atoms with van der Waals surface area (Å²) < 4.78 is 38.7. The number of anilines is 1. The van der Waals surface area contributed by atoms with Crippen molar-refractivity contribution in [3.8, 4) is 22.5 Å². The molecule has 0 atom stereocenters. The molecule has 0 radical (unpaired) electrons. The molecule has 3 heterocycles. The van der Waals surface area contributed by atoms with Crippen molar-refractivity contribution in [2.75, 3.05) is 18.0 Å². The molecule has 0 unspecified atom stereocenters. The van der Waals surface area contributed by atoms with Crippen molar-refractivity contribution in [2.45, 2.75) is 11.7 Å². The van der Waals surface area contributed by atoms with Crippen LogP contribution >= 0.6 is 11.6 Å². The van der Waals surface area contributed by atoms with Crippen LogP contribution in [0.1, 0.15) is 5.56 Å². The van der Waals surface area contributed by atoms with E-state index in [9.17, 15) is 18.0 Å². The van der Waals surface area contributed by atoms with Crippen LogP contribution in [0.4, 0.5) is 19.1 Å². The first-order valence-electron chi connectivity index (χ1n) is 8.94. The van der Waals surface area contributed by atoms with Crippen molar-refractivity contribution in [1.29, 1.82) is 0 Å². The zero-order valence-electron chi connectivity index (χ0n) is 15.8. The van der Waals surface area contributed by atoms with Crippen LogP contribution in [0, 0.1) is 0 Å². The molecular weight excluding hydrogens is 435 g/mol. The Balaban J connectivity index is 1.77. The van der Waals surface area contributed by atoms with Crippen LogP contribution in [0.2, 0.25) is 5.02 Å². The van der Waals surface area contributed by atoms with Crippen LogP contribution in [0.15, 0.2) is 42.7 Å². The highest BCUT2D eigenvalue weighted by Crippen LogP contribution is 2.36. The van der Waals surface area contributed by atoms with Crippen molar-refractivity contribution >= 4 is 23.5 Å². The molecule has 8 nitrogen and oxygen atoms in total. The zero-order valence-corrected chi connectivity index (χ0v) is 16.5. The summed E-state index contributed by atoms with van der Waals surface area (Å²) in [5.41, 5.74) is 10.6. The topological polar surface area (TPSA) is 124 Å². The molecular formula is C19H15ClF3N7O. The molecule has 31 heavy (non-hydrogen) atoms. The van der Waals surface area contributed by atoms with Gasteiger partial charge in [-0.05, 0) is 18.2 Å². The van der Waals surface area contributed by atoms with Gasteiger partial charge in [0.1, 0.15) is 16.9 Å². The number of halogens is 4. The number of carbonyl (C=O) groups excluding carboxylic acids is 1. The minimum absolute atomic E-state index is 0.104. The fourth-order valence-electron chi connectivity index (χ4n) is 3.15. The Labute approximate surface area is 179 Å². The molecule has 4 rings (SSSR count). The number of aromatic nitrogens is 4. The van der Waals surface area contributed by atoms with Gasteiger partial charge in [0.25, 0.3) is 0 Å². The van der Waals surface area contributed by atoms with Gasteiger partial charge in [0.15, 0.2) is 0 Å². The third-order valence-electron chi connectivity index (χ3n) is 4.91. The van der Waals surface area contributed by atoms with Crippen LogP contribution in [-0.2, 0) is 11.0 Å². The maximum absolute atomic E-state index is 12.9. The van der Waals surface area contributed by atoms with E-state index in [-0.39, 0.29) is 29.8 Å². The Morgan fingerprint density at radius 2 is 1.77 bits per heavy atom. The molecule has 12 heteroatoms. The van der Waals surface area contributed by atoms with Crippen molar-refractivity contribution in [3.63, 3.8) is 0 Å². The van der Waals surface area contributed by atoms with Gasteiger partial charge in [0, 0.05) is 36.6 Å². The fraction of sp³-hybridized carbons (Fsp3) is 0.211. The Kier molecular flexibility index (Phi) is 5.02. The first-order valence-corrected chi connectivity index (χ1v) is 9.32. The summed E-state index contributed by atoms with van der Waals surface area (Å²) in [5.74, 6) is -0.462. The highest BCUT2D eigenvalue weighted by molar-refractivity contribution is 6.33. The maximum atomic E-state index is 12.9. The van der Waals surface area contributed by atoms with Crippen LogP contribution < -0.4 is 16.4 Å². The summed E-state index contributed by atoms with van der Waals surface area (Å²) in [6.45, 7) is 0.209. The van der Waals surface area contributed by atoms with Crippen molar-refractivity contribution in [1.82, 2.24) is 20.2 Å². The smallest absolute Gasteiger partial charge is 0.368 e. The summed E-state index contributed by atoms with van der Waals surface area (Å²) in [5, 5.41) is 8.52. The number of nitrogens with two attached hydrogens (primary N) is 2. The summed E-state index contributed by atoms with van der Waals surface area (Å²) in [6.07, 6.45) is -1.55. The average Bonchev–Trinajstić information content (AvgIpc) is 2.71. The molecule has 1 fully saturated rings. The fourth-order valence-corrected chi connectivity index (χ4v) is 3.36. The van der Waals surface area contributed by atoms with Gasteiger partial charge in [-0.25, -0.2) is 4.98 Å². The molecule has 0 aliphatic carbocycles. The molecule has 0 saturated carbocycles. The first-order chi connectivity index (χ1) is 14.6. The summed E-state index contributed by atoms with van der Waals surface area (Å²) in [6, 6.07) is 6.08. The van der Waals surface area contributed by atoms with E-state index in [1.807, 2.05) is 0 Å². The van der Waals surface area contributed by atoms with Crippen molar-refractivity contribution < 1.29 is 18.0 Å². The largest absolute Gasteiger partial charge is 0.416 e. The SMILES string of the molecule is NC(=O)C1(N)CN(c2nnc(-c3ccc(C(F)(F)F)cc3)c(-c3ccncc3Cl)n2)C1. The number of amides is 1. The number of nitrogens with zero attached hydrogens (tertiary/aromatic N) is 5. The molecule has 1 aliphatic rings. The zero-order chi connectivity index (χ0) is 22.4. The normalized spacial score (nSPS) is 15.5. The number of carbonyl (C=O) groups is 1. The number of hydrogen-bond acceptors (Lipinski definition) is 7. The monoisotopic (exact) mass is 449 g/mol. The number of pyridine rings is 1. The van der Waals surface area contributed by atoms with E-state index in [0.717, 1.165) is 12.1 Å². The number of primary amides is 1. The Hall–Kier alpha value is -3.31. The first kappa shape index (κ1) is 20.9. The highest BCUT2D eigenvalue weighted by atomic mass is 35.5. The Morgan fingerprint density at radius 3 is 2.35 bits per heavy atom. The minimum atomic E-state index is -4.46. The average molecular weight is 450 g/mol. The van der Waals surface area contributed by atoms with Gasteiger partial charge in [0.05, 0.1) is 10.6 Å². The maximum Gasteiger partial charge on any atom is 0.416 e. The Bertz CT molecular complexity index is 1150. The van der Waals surface area contributed by atoms with Gasteiger partial charge in [-0.15, -0.1) is 10.2 Å². The van der Waals surface area contributed by atoms with E-state index in [2.05, 4.69) is 20.2 Å².